The van der Waals surface area contributed by atoms with Gasteiger partial charge < -0.3 is 15.2 Å². The summed E-state index contributed by atoms with van der Waals surface area (Å²) in [6, 6.07) is 1.90. The number of nitrogens with one attached hydrogen (secondary N) is 1. The Hall–Kier alpha value is -0.650. The van der Waals surface area contributed by atoms with Gasteiger partial charge in [-0.25, -0.2) is 0 Å². The fraction of sp³-hybridized carbons (Fsp3) is 0.444. The van der Waals surface area contributed by atoms with Gasteiger partial charge in [0.05, 0.1) is 24.6 Å². The molecule has 0 fully saturated rings. The molecule has 78 valence electrons. The Kier molecular flexibility index (Phi) is 4.86. The molecular formula is C9H13BrN2O2. The first-order valence-corrected chi connectivity index (χ1v) is 5.03. The van der Waals surface area contributed by atoms with Crippen LogP contribution >= 0.6 is 15.9 Å². The maximum Gasteiger partial charge on any atom is 0.0945 e. The zero-order chi connectivity index (χ0) is 10.4. The van der Waals surface area contributed by atoms with E-state index >= 15 is 0 Å². The molecule has 2 N–H and O–H groups in total. The lowest BCUT2D eigenvalue weighted by atomic mass is 10.3. The molecule has 1 atom stereocenters. The van der Waals surface area contributed by atoms with Crippen molar-refractivity contribution in [2.75, 3.05) is 25.6 Å². The van der Waals surface area contributed by atoms with Crippen molar-refractivity contribution in [1.82, 2.24) is 4.98 Å². The van der Waals surface area contributed by atoms with E-state index in [1.807, 2.05) is 6.07 Å². The average Bonchev–Trinajstić information content (AvgIpc) is 2.15. The van der Waals surface area contributed by atoms with Crippen LogP contribution in [0.5, 0.6) is 0 Å². The van der Waals surface area contributed by atoms with Crippen LogP contribution in [0, 0.1) is 0 Å². The zero-order valence-electron chi connectivity index (χ0n) is 7.90. The van der Waals surface area contributed by atoms with Crippen molar-refractivity contribution in [3.05, 3.63) is 22.9 Å². The Labute approximate surface area is 91.4 Å². The number of pyridine rings is 1. The van der Waals surface area contributed by atoms with Gasteiger partial charge in [0.15, 0.2) is 0 Å². The summed E-state index contributed by atoms with van der Waals surface area (Å²) in [5, 5.41) is 12.4. The molecule has 0 radical (unpaired) electrons. The van der Waals surface area contributed by atoms with Crippen molar-refractivity contribution in [2.24, 2.45) is 0 Å². The van der Waals surface area contributed by atoms with Gasteiger partial charge in [-0.15, -0.1) is 0 Å². The summed E-state index contributed by atoms with van der Waals surface area (Å²) in [6.45, 7) is 0.778. The third-order valence-corrected chi connectivity index (χ3v) is 2.04. The van der Waals surface area contributed by atoms with Crippen LogP contribution < -0.4 is 5.32 Å². The molecule has 0 aromatic carbocycles. The Balaban J connectivity index is 2.37. The molecule has 5 heteroatoms. The summed E-state index contributed by atoms with van der Waals surface area (Å²) in [7, 11) is 1.56. The number of hydrogen-bond acceptors (Lipinski definition) is 4. The van der Waals surface area contributed by atoms with Crippen LogP contribution in [-0.4, -0.2) is 36.5 Å². The van der Waals surface area contributed by atoms with E-state index in [-0.39, 0.29) is 0 Å². The van der Waals surface area contributed by atoms with Gasteiger partial charge in [0.25, 0.3) is 0 Å². The monoisotopic (exact) mass is 260 g/mol. The topological polar surface area (TPSA) is 54.4 Å². The Bertz CT molecular complexity index is 283. The number of halogens is 1. The first-order valence-electron chi connectivity index (χ1n) is 4.24. The number of hydrogen-bond donors (Lipinski definition) is 2. The molecule has 0 unspecified atom stereocenters. The molecule has 0 aliphatic rings. The lowest BCUT2D eigenvalue weighted by Crippen LogP contribution is -2.24. The molecule has 0 saturated heterocycles. The normalized spacial score (nSPS) is 12.5. The van der Waals surface area contributed by atoms with Crippen molar-refractivity contribution in [3.63, 3.8) is 0 Å². The molecule has 0 bridgehead atoms. The highest BCUT2D eigenvalue weighted by Crippen LogP contribution is 2.13. The minimum Gasteiger partial charge on any atom is -0.389 e. The number of aliphatic hydroxyl groups is 1. The van der Waals surface area contributed by atoms with E-state index in [9.17, 15) is 5.11 Å². The predicted molar refractivity (Wildman–Crippen MR) is 58.3 cm³/mol. The fourth-order valence-electron chi connectivity index (χ4n) is 0.996. The van der Waals surface area contributed by atoms with Crippen LogP contribution in [0.25, 0.3) is 0 Å². The van der Waals surface area contributed by atoms with E-state index in [4.69, 9.17) is 4.74 Å². The van der Waals surface area contributed by atoms with Crippen LogP contribution in [0.3, 0.4) is 0 Å². The van der Waals surface area contributed by atoms with Crippen LogP contribution in [0.4, 0.5) is 5.69 Å². The first kappa shape index (κ1) is 11.4. The van der Waals surface area contributed by atoms with Gasteiger partial charge in [0, 0.05) is 24.3 Å². The maximum absolute atomic E-state index is 9.36. The van der Waals surface area contributed by atoms with Gasteiger partial charge in [-0.1, -0.05) is 0 Å². The van der Waals surface area contributed by atoms with Crippen LogP contribution in [0.1, 0.15) is 0 Å². The van der Waals surface area contributed by atoms with Gasteiger partial charge in [-0.2, -0.15) is 0 Å². The molecule has 4 nitrogen and oxygen atoms in total. The SMILES string of the molecule is COC[C@@H](O)CNc1cncc(Br)c1. The maximum atomic E-state index is 9.36. The van der Waals surface area contributed by atoms with E-state index in [0.29, 0.717) is 13.2 Å². The largest absolute Gasteiger partial charge is 0.389 e. The van der Waals surface area contributed by atoms with Crippen molar-refractivity contribution in [2.45, 2.75) is 6.10 Å². The quantitative estimate of drug-likeness (QED) is 0.837. The van der Waals surface area contributed by atoms with E-state index in [1.54, 1.807) is 19.5 Å². The third-order valence-electron chi connectivity index (χ3n) is 1.61. The number of aromatic nitrogens is 1. The van der Waals surface area contributed by atoms with Gasteiger partial charge in [0.1, 0.15) is 0 Å². The third kappa shape index (κ3) is 4.04. The highest BCUT2D eigenvalue weighted by atomic mass is 79.9. The van der Waals surface area contributed by atoms with Gasteiger partial charge >= 0.3 is 0 Å². The Morgan fingerprint density at radius 2 is 2.43 bits per heavy atom. The molecule has 1 heterocycles. The van der Waals surface area contributed by atoms with E-state index < -0.39 is 6.10 Å². The van der Waals surface area contributed by atoms with E-state index in [0.717, 1.165) is 10.2 Å². The van der Waals surface area contributed by atoms with Crippen molar-refractivity contribution >= 4 is 21.6 Å². The highest BCUT2D eigenvalue weighted by Gasteiger charge is 2.02. The van der Waals surface area contributed by atoms with Crippen LogP contribution in [0.2, 0.25) is 0 Å². The summed E-state index contributed by atoms with van der Waals surface area (Å²) < 4.78 is 5.71. The zero-order valence-corrected chi connectivity index (χ0v) is 9.49. The van der Waals surface area contributed by atoms with Crippen LogP contribution in [-0.2, 0) is 4.74 Å². The summed E-state index contributed by atoms with van der Waals surface area (Å²) in [5.74, 6) is 0. The number of ether oxygens (including phenoxy) is 1. The minimum atomic E-state index is -0.501. The number of rotatable bonds is 5. The second-order valence-electron chi connectivity index (χ2n) is 2.88. The lowest BCUT2D eigenvalue weighted by Gasteiger charge is -2.11. The van der Waals surface area contributed by atoms with Gasteiger partial charge in [-0.3, -0.25) is 4.98 Å². The number of anilines is 1. The average molecular weight is 261 g/mol. The van der Waals surface area contributed by atoms with Crippen molar-refractivity contribution in [3.8, 4) is 0 Å². The predicted octanol–water partition coefficient (Wildman–Crippen LogP) is 1.26. The molecule has 0 amide bonds. The summed E-state index contributed by atoms with van der Waals surface area (Å²) in [5.41, 5.74) is 0.870. The summed E-state index contributed by atoms with van der Waals surface area (Å²) in [6.07, 6.45) is 2.90. The minimum absolute atomic E-state index is 0.328. The lowest BCUT2D eigenvalue weighted by molar-refractivity contribution is 0.0727. The number of nitrogens with zero attached hydrogens (tertiary/aromatic N) is 1. The van der Waals surface area contributed by atoms with Crippen molar-refractivity contribution < 1.29 is 9.84 Å². The molecule has 1 rings (SSSR count). The summed E-state index contributed by atoms with van der Waals surface area (Å²) >= 11 is 3.31. The Morgan fingerprint density at radius 3 is 3.07 bits per heavy atom. The molecule has 0 aliphatic carbocycles. The molecule has 0 saturated carbocycles. The second kappa shape index (κ2) is 5.95. The first-order chi connectivity index (χ1) is 6.72. The van der Waals surface area contributed by atoms with Gasteiger partial charge in [0.2, 0.25) is 0 Å². The molecule has 14 heavy (non-hydrogen) atoms. The summed E-state index contributed by atoms with van der Waals surface area (Å²) in [4.78, 5) is 3.99. The van der Waals surface area contributed by atoms with E-state index in [2.05, 4.69) is 26.2 Å². The molecule has 0 aliphatic heterocycles. The number of aliphatic hydroxyl groups excluding tert-OH is 1. The Morgan fingerprint density at radius 1 is 1.64 bits per heavy atom. The molecule has 1 aromatic rings. The number of methoxy groups -OCH3 is 1. The van der Waals surface area contributed by atoms with Crippen molar-refractivity contribution in [1.29, 1.82) is 0 Å². The highest BCUT2D eigenvalue weighted by molar-refractivity contribution is 9.10. The standard InChI is InChI=1S/C9H13BrN2O2/c1-14-6-9(13)5-12-8-2-7(10)3-11-4-8/h2-4,9,12-13H,5-6H2,1H3/t9-/m0/s1. The molecular weight excluding hydrogens is 248 g/mol. The molecule has 0 spiro atoms. The smallest absolute Gasteiger partial charge is 0.0945 e. The fourth-order valence-corrected chi connectivity index (χ4v) is 1.36. The molecule has 1 aromatic heterocycles. The van der Waals surface area contributed by atoms with Crippen LogP contribution in [0.15, 0.2) is 22.9 Å². The second-order valence-corrected chi connectivity index (χ2v) is 3.80. The van der Waals surface area contributed by atoms with E-state index in [1.165, 1.54) is 0 Å². The van der Waals surface area contributed by atoms with Gasteiger partial charge in [-0.05, 0) is 22.0 Å².